The number of halogens is 2. The number of benzene rings is 3. The normalized spacial score (nSPS) is 18.1. The molecule has 0 radical (unpaired) electrons. The molecule has 5 nitrogen and oxygen atoms in total. The number of nitrogens with zero attached hydrogens (tertiary/aromatic N) is 2. The number of carbonyl (C=O) groups excluding carboxylic acids is 2. The lowest BCUT2D eigenvalue weighted by Crippen LogP contribution is -2.45. The van der Waals surface area contributed by atoms with Crippen LogP contribution in [0.5, 0.6) is 0 Å². The number of hydrogen-bond acceptors (Lipinski definition) is 3. The van der Waals surface area contributed by atoms with Gasteiger partial charge in [0.25, 0.3) is 5.91 Å². The predicted molar refractivity (Wildman–Crippen MR) is 155 cm³/mol. The quantitative estimate of drug-likeness (QED) is 0.325. The van der Waals surface area contributed by atoms with E-state index in [1.807, 2.05) is 35.2 Å². The van der Waals surface area contributed by atoms with Crippen molar-refractivity contribution in [2.24, 2.45) is 5.41 Å². The molecule has 2 fully saturated rings. The Morgan fingerprint density at radius 2 is 1.58 bits per heavy atom. The SMILES string of the molecule is O=C(NC(CCN1CCC2(CC1)CCN(Cc1ccc(Br)cc1)C2=O)c1ccccc1)c1ccc(Cl)cc1. The van der Waals surface area contributed by atoms with Crippen molar-refractivity contribution in [3.8, 4) is 0 Å². The molecule has 1 spiro atoms. The first-order valence-electron chi connectivity index (χ1n) is 13.3. The van der Waals surface area contributed by atoms with Gasteiger partial charge in [0.2, 0.25) is 5.91 Å². The van der Waals surface area contributed by atoms with Crippen LogP contribution in [-0.4, -0.2) is 47.8 Å². The van der Waals surface area contributed by atoms with Crippen LogP contribution in [0.3, 0.4) is 0 Å². The highest BCUT2D eigenvalue weighted by atomic mass is 79.9. The third-order valence-corrected chi connectivity index (χ3v) is 8.83. The average molecular weight is 595 g/mol. The molecule has 1 atom stereocenters. The van der Waals surface area contributed by atoms with Crippen molar-refractivity contribution < 1.29 is 9.59 Å². The van der Waals surface area contributed by atoms with Gasteiger partial charge in [0, 0.05) is 34.7 Å². The molecule has 2 amide bonds. The van der Waals surface area contributed by atoms with E-state index in [0.29, 0.717) is 23.0 Å². The molecule has 38 heavy (non-hydrogen) atoms. The minimum Gasteiger partial charge on any atom is -0.345 e. The molecular formula is C31H33BrClN3O2. The lowest BCUT2D eigenvalue weighted by atomic mass is 9.77. The standard InChI is InChI=1S/C31H33BrClN3O2/c32-26-10-6-23(7-11-26)22-36-21-17-31(30(36)38)15-19-35(20-16-31)18-14-28(24-4-2-1-3-5-24)34-29(37)25-8-12-27(33)13-9-25/h1-13,28H,14-22H2,(H,34,37). The lowest BCUT2D eigenvalue weighted by molar-refractivity contribution is -0.138. The van der Waals surface area contributed by atoms with Crippen molar-refractivity contribution in [2.75, 3.05) is 26.2 Å². The summed E-state index contributed by atoms with van der Waals surface area (Å²) in [7, 11) is 0. The molecule has 7 heteroatoms. The van der Waals surface area contributed by atoms with E-state index >= 15 is 0 Å². The molecule has 0 saturated carbocycles. The summed E-state index contributed by atoms with van der Waals surface area (Å²) in [5.41, 5.74) is 2.65. The van der Waals surface area contributed by atoms with Gasteiger partial charge in [-0.15, -0.1) is 0 Å². The number of nitrogens with one attached hydrogen (secondary N) is 1. The fourth-order valence-electron chi connectivity index (χ4n) is 5.68. The Bertz CT molecular complexity index is 1240. The highest BCUT2D eigenvalue weighted by Crippen LogP contribution is 2.42. The van der Waals surface area contributed by atoms with Crippen LogP contribution in [0.2, 0.25) is 5.02 Å². The predicted octanol–water partition coefficient (Wildman–Crippen LogP) is 6.48. The van der Waals surface area contributed by atoms with Crippen molar-refractivity contribution in [2.45, 2.75) is 38.3 Å². The maximum atomic E-state index is 13.4. The smallest absolute Gasteiger partial charge is 0.251 e. The van der Waals surface area contributed by atoms with Crippen LogP contribution in [0.15, 0.2) is 83.3 Å². The summed E-state index contributed by atoms with van der Waals surface area (Å²) in [6, 6.07) is 25.3. The highest BCUT2D eigenvalue weighted by molar-refractivity contribution is 9.10. The van der Waals surface area contributed by atoms with Crippen LogP contribution in [0.25, 0.3) is 0 Å². The van der Waals surface area contributed by atoms with E-state index in [1.54, 1.807) is 24.3 Å². The molecule has 3 aromatic carbocycles. The Balaban J connectivity index is 1.16. The first-order chi connectivity index (χ1) is 18.4. The molecule has 0 aliphatic carbocycles. The summed E-state index contributed by atoms with van der Waals surface area (Å²) in [5.74, 6) is 0.216. The van der Waals surface area contributed by atoms with Crippen LogP contribution in [0, 0.1) is 5.41 Å². The molecule has 0 aromatic heterocycles. The van der Waals surface area contributed by atoms with Crippen LogP contribution < -0.4 is 5.32 Å². The second-order valence-electron chi connectivity index (χ2n) is 10.5. The van der Waals surface area contributed by atoms with Crippen molar-refractivity contribution in [1.29, 1.82) is 0 Å². The zero-order valence-corrected chi connectivity index (χ0v) is 23.8. The monoisotopic (exact) mass is 593 g/mol. The van der Waals surface area contributed by atoms with Gasteiger partial charge in [0.15, 0.2) is 0 Å². The van der Waals surface area contributed by atoms with E-state index in [9.17, 15) is 9.59 Å². The first kappa shape index (κ1) is 26.9. The zero-order chi connectivity index (χ0) is 26.5. The fourth-order valence-corrected chi connectivity index (χ4v) is 6.07. The second kappa shape index (κ2) is 12.0. The zero-order valence-electron chi connectivity index (χ0n) is 21.4. The Hall–Kier alpha value is -2.67. The molecule has 2 saturated heterocycles. The maximum Gasteiger partial charge on any atom is 0.251 e. The van der Waals surface area contributed by atoms with Gasteiger partial charge in [0.1, 0.15) is 0 Å². The summed E-state index contributed by atoms with van der Waals surface area (Å²) in [5, 5.41) is 3.84. The van der Waals surface area contributed by atoms with Gasteiger partial charge < -0.3 is 15.1 Å². The fraction of sp³-hybridized carbons (Fsp3) is 0.355. The number of rotatable bonds is 8. The van der Waals surface area contributed by atoms with Gasteiger partial charge in [-0.1, -0.05) is 70.0 Å². The number of hydrogen-bond donors (Lipinski definition) is 1. The van der Waals surface area contributed by atoms with Crippen molar-refractivity contribution in [3.63, 3.8) is 0 Å². The maximum absolute atomic E-state index is 13.4. The van der Waals surface area contributed by atoms with Gasteiger partial charge in [-0.2, -0.15) is 0 Å². The molecule has 2 aliphatic heterocycles. The Kier molecular flexibility index (Phi) is 8.51. The second-order valence-corrected chi connectivity index (χ2v) is 11.8. The van der Waals surface area contributed by atoms with Gasteiger partial charge >= 0.3 is 0 Å². The first-order valence-corrected chi connectivity index (χ1v) is 14.5. The average Bonchev–Trinajstić information content (AvgIpc) is 3.23. The number of amides is 2. The summed E-state index contributed by atoms with van der Waals surface area (Å²) >= 11 is 9.48. The number of piperidine rings is 1. The summed E-state index contributed by atoms with van der Waals surface area (Å²) in [6.45, 7) is 4.20. The van der Waals surface area contributed by atoms with Crippen LogP contribution in [-0.2, 0) is 11.3 Å². The number of likely N-dealkylation sites (tertiary alicyclic amines) is 2. The van der Waals surface area contributed by atoms with E-state index in [1.165, 1.54) is 5.56 Å². The molecule has 0 bridgehead atoms. The van der Waals surface area contributed by atoms with E-state index in [4.69, 9.17) is 11.6 Å². The molecular weight excluding hydrogens is 562 g/mol. The van der Waals surface area contributed by atoms with Crippen LogP contribution in [0.4, 0.5) is 0 Å². The molecule has 1 N–H and O–H groups in total. The summed E-state index contributed by atoms with van der Waals surface area (Å²) in [6.07, 6.45) is 3.55. The summed E-state index contributed by atoms with van der Waals surface area (Å²) < 4.78 is 1.05. The Morgan fingerprint density at radius 3 is 2.26 bits per heavy atom. The highest BCUT2D eigenvalue weighted by Gasteiger charge is 2.47. The van der Waals surface area contributed by atoms with Gasteiger partial charge in [-0.05, 0) is 86.3 Å². The van der Waals surface area contributed by atoms with Crippen molar-refractivity contribution in [1.82, 2.24) is 15.1 Å². The van der Waals surface area contributed by atoms with E-state index in [-0.39, 0.29) is 17.4 Å². The molecule has 3 aromatic rings. The lowest BCUT2D eigenvalue weighted by Gasteiger charge is -2.38. The van der Waals surface area contributed by atoms with Crippen LogP contribution >= 0.6 is 27.5 Å². The molecule has 2 heterocycles. The summed E-state index contributed by atoms with van der Waals surface area (Å²) in [4.78, 5) is 30.9. The third-order valence-electron chi connectivity index (χ3n) is 8.05. The largest absolute Gasteiger partial charge is 0.345 e. The van der Waals surface area contributed by atoms with E-state index < -0.39 is 0 Å². The van der Waals surface area contributed by atoms with Gasteiger partial charge in [-0.25, -0.2) is 0 Å². The minimum absolute atomic E-state index is 0.0928. The Labute approximate surface area is 238 Å². The topological polar surface area (TPSA) is 52.7 Å². The van der Waals surface area contributed by atoms with Crippen molar-refractivity contribution in [3.05, 3.63) is 105 Å². The van der Waals surface area contributed by atoms with Gasteiger partial charge in [-0.3, -0.25) is 9.59 Å². The minimum atomic E-state index is -0.215. The molecule has 198 valence electrons. The molecule has 1 unspecified atom stereocenters. The van der Waals surface area contributed by atoms with E-state index in [0.717, 1.165) is 61.9 Å². The molecule has 2 aliphatic rings. The third kappa shape index (κ3) is 6.31. The number of carbonyl (C=O) groups is 2. The van der Waals surface area contributed by atoms with Crippen LogP contribution in [0.1, 0.15) is 53.2 Å². The van der Waals surface area contributed by atoms with Crippen molar-refractivity contribution >= 4 is 39.3 Å². The molecule has 5 rings (SSSR count). The van der Waals surface area contributed by atoms with E-state index in [2.05, 4.69) is 50.4 Å². The Morgan fingerprint density at radius 1 is 0.921 bits per heavy atom. The van der Waals surface area contributed by atoms with Gasteiger partial charge in [0.05, 0.1) is 11.5 Å².